The number of dihydropyridines is 1. The molecule has 2 fully saturated rings. The number of phenols is 2. The Balaban J connectivity index is 1.10. The van der Waals surface area contributed by atoms with Crippen molar-refractivity contribution in [3.8, 4) is 22.8 Å². The van der Waals surface area contributed by atoms with E-state index in [1.807, 2.05) is 18.2 Å². The number of benzene rings is 2. The molecule has 2 bridgehead atoms. The summed E-state index contributed by atoms with van der Waals surface area (Å²) in [5.74, 6) is -1.83. The van der Waals surface area contributed by atoms with Crippen molar-refractivity contribution in [1.82, 2.24) is 10.3 Å². The number of nitrogens with two attached hydrogens (primary N) is 1. The monoisotopic (exact) mass is 916 g/mol. The number of nitrogens with one attached hydrogen (secondary N) is 2. The Bertz CT molecular complexity index is 2290. The highest BCUT2D eigenvalue weighted by Gasteiger charge is 2.59. The first-order valence-corrected chi connectivity index (χ1v) is 25.6. The van der Waals surface area contributed by atoms with E-state index in [0.717, 1.165) is 67.5 Å². The van der Waals surface area contributed by atoms with Crippen molar-refractivity contribution in [1.29, 1.82) is 0 Å². The number of phenolic OH excluding ortho intramolecular Hbond substituents is 2. The van der Waals surface area contributed by atoms with Gasteiger partial charge in [-0.3, -0.25) is 4.79 Å². The van der Waals surface area contributed by atoms with Crippen LogP contribution in [-0.2, 0) is 11.2 Å². The Morgan fingerprint density at radius 1 is 0.896 bits per heavy atom. The number of aromatic amines is 1. The maximum absolute atomic E-state index is 13.4. The lowest BCUT2D eigenvalue weighted by atomic mass is 9.62. The summed E-state index contributed by atoms with van der Waals surface area (Å²) in [5, 5.41) is 72.9. The first-order valence-electron chi connectivity index (χ1n) is 25.6. The van der Waals surface area contributed by atoms with Gasteiger partial charge in [-0.25, -0.2) is 0 Å². The van der Waals surface area contributed by atoms with Crippen LogP contribution in [0, 0.1) is 47.3 Å². The number of fused-ring (bicyclic) bond motifs is 1. The van der Waals surface area contributed by atoms with Crippen LogP contribution in [0.25, 0.3) is 11.3 Å². The maximum atomic E-state index is 13.4. The van der Waals surface area contributed by atoms with Crippen molar-refractivity contribution in [3.05, 3.63) is 119 Å². The molecule has 12 unspecified atom stereocenters. The van der Waals surface area contributed by atoms with Gasteiger partial charge < -0.3 is 46.7 Å². The van der Waals surface area contributed by atoms with Gasteiger partial charge in [0.15, 0.2) is 0 Å². The summed E-state index contributed by atoms with van der Waals surface area (Å²) in [6.45, 7) is 7.18. The fourth-order valence-corrected chi connectivity index (χ4v) is 13.0. The first-order chi connectivity index (χ1) is 32.2. The summed E-state index contributed by atoms with van der Waals surface area (Å²) in [6.07, 6.45) is 23.2. The number of hydrogen-bond acceptors (Lipinski definition) is 8. The van der Waals surface area contributed by atoms with Crippen LogP contribution in [0.5, 0.6) is 11.5 Å². The molecule has 8 rings (SSSR count). The highest BCUT2D eigenvalue weighted by atomic mass is 16.4. The maximum Gasteiger partial charge on any atom is 0.309 e. The van der Waals surface area contributed by atoms with Crippen LogP contribution >= 0.6 is 0 Å². The fraction of sp³-hybridized carbons (Fsp3) is 0.561. The van der Waals surface area contributed by atoms with E-state index in [0.29, 0.717) is 61.0 Å². The number of aromatic nitrogens is 1. The lowest BCUT2D eigenvalue weighted by Gasteiger charge is -2.46. The minimum Gasteiger partial charge on any atom is -0.508 e. The van der Waals surface area contributed by atoms with E-state index < -0.39 is 29.5 Å². The number of rotatable bonds is 17. The van der Waals surface area contributed by atoms with Crippen LogP contribution in [0.1, 0.15) is 145 Å². The van der Waals surface area contributed by atoms with E-state index >= 15 is 0 Å². The summed E-state index contributed by atoms with van der Waals surface area (Å²) in [4.78, 5) is 17.1. The molecule has 1 aliphatic heterocycles. The number of aliphatic hydroxyl groups is 3. The molecule has 4 aliphatic carbocycles. The minimum atomic E-state index is -1.21. The lowest BCUT2D eigenvalue weighted by Crippen LogP contribution is -2.50. The van der Waals surface area contributed by atoms with Gasteiger partial charge >= 0.3 is 5.97 Å². The quantitative estimate of drug-likeness (QED) is 0.0468. The summed E-state index contributed by atoms with van der Waals surface area (Å²) >= 11 is 0. The number of carboxylic acids is 1. The van der Waals surface area contributed by atoms with E-state index in [9.17, 15) is 35.4 Å². The zero-order valence-electron chi connectivity index (χ0n) is 40.0. The molecule has 5 aliphatic rings. The second kappa shape index (κ2) is 21.3. The molecule has 67 heavy (non-hydrogen) atoms. The van der Waals surface area contributed by atoms with Gasteiger partial charge in [0, 0.05) is 65.2 Å². The van der Waals surface area contributed by atoms with Gasteiger partial charge in [-0.1, -0.05) is 108 Å². The molecule has 362 valence electrons. The molecular weight excluding hydrogens is 839 g/mol. The van der Waals surface area contributed by atoms with Crippen LogP contribution in [0.4, 0.5) is 0 Å². The summed E-state index contributed by atoms with van der Waals surface area (Å²) < 4.78 is 0. The van der Waals surface area contributed by atoms with E-state index in [4.69, 9.17) is 5.73 Å². The van der Waals surface area contributed by atoms with Crippen LogP contribution in [0.3, 0.4) is 0 Å². The molecule has 0 spiro atoms. The first kappa shape index (κ1) is 48.7. The zero-order chi connectivity index (χ0) is 47.4. The molecule has 0 radical (unpaired) electrons. The normalized spacial score (nSPS) is 31.6. The average molecular weight is 916 g/mol. The third-order valence-corrected chi connectivity index (χ3v) is 16.7. The molecule has 0 saturated heterocycles. The van der Waals surface area contributed by atoms with Gasteiger partial charge in [0.1, 0.15) is 11.5 Å². The van der Waals surface area contributed by atoms with Gasteiger partial charge in [0.2, 0.25) is 0 Å². The third-order valence-electron chi connectivity index (χ3n) is 16.7. The molecule has 12 atom stereocenters. The second-order valence-electron chi connectivity index (χ2n) is 21.4. The standard InChI is InChI=1S/C57H77N3O7/c1-4-5-6-9-35-14-17-39(51(62)28-35)10-7-8-11-40-18-20-44(49-22-23-50(60-49)45-31-43(61)32-52(63)46(45)27-36-12-15-38(16-13-36)34(2)3)48-30-42(26-37-24-25-59-53(58)29-37)47-21-19-41(33-57(47,48)67)55(64)54(40)56(65)66/h12-17,19,21-24,29,31-32,34-35,39-42,44,47-48,51,54-55,59-64,67H,4-11,18,20,25-28,30,33,58H2,1-3H3,(H,65,66). The molecule has 10 N–H and O–H groups in total. The fourth-order valence-electron chi connectivity index (χ4n) is 13.0. The predicted octanol–water partition coefficient (Wildman–Crippen LogP) is 10.3. The Morgan fingerprint density at radius 2 is 1.67 bits per heavy atom. The summed E-state index contributed by atoms with van der Waals surface area (Å²) in [5.41, 5.74) is 11.5. The van der Waals surface area contributed by atoms with Gasteiger partial charge in [-0.2, -0.15) is 0 Å². The molecule has 2 saturated carbocycles. The Labute approximate surface area is 398 Å². The lowest BCUT2D eigenvalue weighted by molar-refractivity contribution is -0.153. The average Bonchev–Trinajstić information content (AvgIpc) is 3.89. The van der Waals surface area contributed by atoms with Gasteiger partial charge in [-0.15, -0.1) is 0 Å². The number of H-pyrrole nitrogens is 1. The molecule has 0 amide bonds. The smallest absolute Gasteiger partial charge is 0.309 e. The molecule has 10 nitrogen and oxygen atoms in total. The van der Waals surface area contributed by atoms with Gasteiger partial charge in [0.05, 0.1) is 29.5 Å². The number of carbonyl (C=O) groups is 1. The number of aromatic hydroxyl groups is 2. The van der Waals surface area contributed by atoms with Crippen molar-refractivity contribution in [2.45, 2.75) is 147 Å². The second-order valence-corrected chi connectivity index (χ2v) is 21.4. The van der Waals surface area contributed by atoms with E-state index in [1.165, 1.54) is 30.9 Å². The van der Waals surface area contributed by atoms with Crippen LogP contribution < -0.4 is 11.1 Å². The number of hydrogen-bond donors (Lipinski definition) is 9. The summed E-state index contributed by atoms with van der Waals surface area (Å²) in [7, 11) is 0. The number of unbranched alkanes of at least 4 members (excludes halogenated alkanes) is 3. The molecule has 2 heterocycles. The number of aliphatic hydroxyl groups excluding tert-OH is 2. The van der Waals surface area contributed by atoms with Crippen molar-refractivity contribution in [3.63, 3.8) is 0 Å². The highest BCUT2D eigenvalue weighted by molar-refractivity contribution is 5.72. The predicted molar refractivity (Wildman–Crippen MR) is 265 cm³/mol. The summed E-state index contributed by atoms with van der Waals surface area (Å²) in [6, 6.07) is 15.6. The van der Waals surface area contributed by atoms with Crippen LogP contribution in [0.15, 0.2) is 96.4 Å². The molecule has 1 aromatic heterocycles. The van der Waals surface area contributed by atoms with Crippen molar-refractivity contribution < 1.29 is 35.4 Å². The van der Waals surface area contributed by atoms with E-state index in [2.05, 4.69) is 85.7 Å². The van der Waals surface area contributed by atoms with E-state index in [1.54, 1.807) is 6.07 Å². The Morgan fingerprint density at radius 3 is 2.40 bits per heavy atom. The topological polar surface area (TPSA) is 192 Å². The van der Waals surface area contributed by atoms with Crippen LogP contribution in [0.2, 0.25) is 0 Å². The molecular formula is C57H77N3O7. The minimum absolute atomic E-state index is 0.0113. The van der Waals surface area contributed by atoms with Crippen molar-refractivity contribution in [2.75, 3.05) is 6.54 Å². The number of allylic oxidation sites excluding steroid dienone is 3. The van der Waals surface area contributed by atoms with Crippen molar-refractivity contribution in [2.24, 2.45) is 53.1 Å². The molecule has 3 aromatic rings. The Kier molecular flexibility index (Phi) is 15.4. The van der Waals surface area contributed by atoms with Crippen molar-refractivity contribution >= 4 is 5.97 Å². The largest absolute Gasteiger partial charge is 0.508 e. The number of aliphatic carboxylic acids is 1. The van der Waals surface area contributed by atoms with Crippen LogP contribution in [-0.4, -0.2) is 65.9 Å². The molecule has 2 aromatic carbocycles. The van der Waals surface area contributed by atoms with Gasteiger partial charge in [0.25, 0.3) is 0 Å². The Hall–Kier alpha value is -4.77. The van der Waals surface area contributed by atoms with E-state index in [-0.39, 0.29) is 59.5 Å². The number of carboxylic acid groups (broad SMARTS) is 1. The third kappa shape index (κ3) is 10.9. The molecule has 10 heteroatoms. The van der Waals surface area contributed by atoms with Gasteiger partial charge in [-0.05, 0) is 128 Å². The SMILES string of the molecule is CCCCCC1C=CC(CCCCC2CCC(c3ccc(-c4cc(O)cc(O)c4Cc4ccc(C(C)C)cc4)[nH]3)C3CC(CC4=CCNC(N)=C4)C4C=CC(CC43O)C(O)C2C(=O)O)C(O)C1. The zero-order valence-corrected chi connectivity index (χ0v) is 40.0. The highest BCUT2D eigenvalue weighted by Crippen LogP contribution is 2.59.